The lowest BCUT2D eigenvalue weighted by atomic mass is 9.90. The molecule has 2 rings (SSSR count). The third kappa shape index (κ3) is 3.78. The van der Waals surface area contributed by atoms with Gasteiger partial charge in [-0.3, -0.25) is 9.69 Å². The Morgan fingerprint density at radius 2 is 1.91 bits per heavy atom. The van der Waals surface area contributed by atoms with E-state index in [-0.39, 0.29) is 31.8 Å². The van der Waals surface area contributed by atoms with Crippen LogP contribution in [0.1, 0.15) is 25.3 Å². The molecule has 1 fully saturated rings. The highest BCUT2D eigenvalue weighted by molar-refractivity contribution is 5.89. The molecule has 22 heavy (non-hydrogen) atoms. The van der Waals surface area contributed by atoms with E-state index in [1.54, 1.807) is 12.1 Å². The molecule has 0 spiro atoms. The Bertz CT molecular complexity index is 538. The third-order valence-electron chi connectivity index (χ3n) is 3.93. The predicted molar refractivity (Wildman–Crippen MR) is 76.3 cm³/mol. The summed E-state index contributed by atoms with van der Waals surface area (Å²) in [6.45, 7) is 2.15. The van der Waals surface area contributed by atoms with Gasteiger partial charge in [0.1, 0.15) is 0 Å². The number of likely N-dealkylation sites (tertiary alicyclic amines) is 1. The van der Waals surface area contributed by atoms with E-state index in [2.05, 4.69) is 5.32 Å². The van der Waals surface area contributed by atoms with Crippen molar-refractivity contribution in [1.82, 2.24) is 4.90 Å². The molecule has 0 aliphatic carbocycles. The van der Waals surface area contributed by atoms with Gasteiger partial charge in [0.25, 0.3) is 0 Å². The van der Waals surface area contributed by atoms with Gasteiger partial charge in [0.2, 0.25) is 5.91 Å². The molecule has 1 aromatic carbocycles. The molecule has 0 aromatic heterocycles. The number of amides is 1. The van der Waals surface area contributed by atoms with E-state index in [1.165, 1.54) is 6.92 Å². The zero-order valence-electron chi connectivity index (χ0n) is 12.3. The zero-order valence-corrected chi connectivity index (χ0v) is 12.3. The van der Waals surface area contributed by atoms with E-state index in [1.807, 2.05) is 17.0 Å². The van der Waals surface area contributed by atoms with Crippen LogP contribution in [-0.4, -0.2) is 40.8 Å². The highest BCUT2D eigenvalue weighted by Crippen LogP contribution is 2.38. The second-order valence-corrected chi connectivity index (χ2v) is 5.64. The van der Waals surface area contributed by atoms with Crippen molar-refractivity contribution in [2.45, 2.75) is 38.1 Å². The van der Waals surface area contributed by atoms with Gasteiger partial charge in [0.05, 0.1) is 0 Å². The van der Waals surface area contributed by atoms with Crippen molar-refractivity contribution in [3.05, 3.63) is 29.8 Å². The SMILES string of the molecule is CC(=O)Nc1ccccc1CN1CCC(O)(C(F)(F)F)CC1. The topological polar surface area (TPSA) is 52.6 Å². The monoisotopic (exact) mass is 316 g/mol. The van der Waals surface area contributed by atoms with Crippen LogP contribution in [0.3, 0.4) is 0 Å². The molecule has 1 aliphatic rings. The van der Waals surface area contributed by atoms with Crippen LogP contribution in [0.5, 0.6) is 0 Å². The molecular weight excluding hydrogens is 297 g/mol. The fourth-order valence-corrected chi connectivity index (χ4v) is 2.58. The molecule has 0 radical (unpaired) electrons. The Morgan fingerprint density at radius 1 is 1.32 bits per heavy atom. The summed E-state index contributed by atoms with van der Waals surface area (Å²) in [6.07, 6.45) is -5.26. The summed E-state index contributed by atoms with van der Waals surface area (Å²) < 4.78 is 38.3. The largest absolute Gasteiger partial charge is 0.417 e. The number of carbonyl (C=O) groups is 1. The highest BCUT2D eigenvalue weighted by atomic mass is 19.4. The first-order valence-corrected chi connectivity index (χ1v) is 7.08. The van der Waals surface area contributed by atoms with Gasteiger partial charge in [-0.2, -0.15) is 13.2 Å². The van der Waals surface area contributed by atoms with Gasteiger partial charge >= 0.3 is 6.18 Å². The number of alkyl halides is 3. The molecular formula is C15H19F3N2O2. The van der Waals surface area contributed by atoms with Crippen LogP contribution in [0.25, 0.3) is 0 Å². The van der Waals surface area contributed by atoms with Crippen molar-refractivity contribution in [2.24, 2.45) is 0 Å². The van der Waals surface area contributed by atoms with Gasteiger partial charge in [0.15, 0.2) is 5.60 Å². The molecule has 1 heterocycles. The lowest BCUT2D eigenvalue weighted by molar-refractivity contribution is -0.272. The predicted octanol–water partition coefficient (Wildman–Crippen LogP) is 2.53. The number of anilines is 1. The van der Waals surface area contributed by atoms with Crippen LogP contribution in [0, 0.1) is 0 Å². The Kier molecular flexibility index (Phi) is 4.77. The van der Waals surface area contributed by atoms with E-state index < -0.39 is 11.8 Å². The molecule has 4 nitrogen and oxygen atoms in total. The molecule has 122 valence electrons. The van der Waals surface area contributed by atoms with Crippen molar-refractivity contribution in [1.29, 1.82) is 0 Å². The summed E-state index contributed by atoms with van der Waals surface area (Å²) in [5.41, 5.74) is -1.08. The Morgan fingerprint density at radius 3 is 2.45 bits per heavy atom. The Balaban J connectivity index is 2.01. The van der Waals surface area contributed by atoms with Gasteiger partial charge in [-0.15, -0.1) is 0 Å². The minimum absolute atomic E-state index is 0.157. The normalized spacial score (nSPS) is 19.0. The smallest absolute Gasteiger partial charge is 0.380 e. The van der Waals surface area contributed by atoms with E-state index in [0.29, 0.717) is 12.2 Å². The maximum atomic E-state index is 12.8. The summed E-state index contributed by atoms with van der Waals surface area (Å²) in [6, 6.07) is 7.19. The molecule has 1 aliphatic heterocycles. The van der Waals surface area contributed by atoms with Gasteiger partial charge in [0, 0.05) is 32.2 Å². The number of benzene rings is 1. The lowest BCUT2D eigenvalue weighted by Gasteiger charge is -2.39. The fraction of sp³-hybridized carbons (Fsp3) is 0.533. The lowest BCUT2D eigenvalue weighted by Crippen LogP contribution is -2.53. The third-order valence-corrected chi connectivity index (χ3v) is 3.93. The van der Waals surface area contributed by atoms with Gasteiger partial charge < -0.3 is 10.4 Å². The number of rotatable bonds is 3. The summed E-state index contributed by atoms with van der Waals surface area (Å²) in [5.74, 6) is -0.197. The fourth-order valence-electron chi connectivity index (χ4n) is 2.58. The number of halogens is 3. The van der Waals surface area contributed by atoms with E-state index in [9.17, 15) is 23.1 Å². The van der Waals surface area contributed by atoms with Gasteiger partial charge in [-0.05, 0) is 24.5 Å². The van der Waals surface area contributed by atoms with Crippen molar-refractivity contribution < 1.29 is 23.1 Å². The Hall–Kier alpha value is -1.60. The maximum Gasteiger partial charge on any atom is 0.417 e. The second-order valence-electron chi connectivity index (χ2n) is 5.64. The van der Waals surface area contributed by atoms with Gasteiger partial charge in [-0.1, -0.05) is 18.2 Å². The number of nitrogens with one attached hydrogen (secondary N) is 1. The van der Waals surface area contributed by atoms with Crippen LogP contribution in [0.2, 0.25) is 0 Å². The number of nitrogens with zero attached hydrogens (tertiary/aromatic N) is 1. The maximum absolute atomic E-state index is 12.8. The zero-order chi connectivity index (χ0) is 16.4. The molecule has 1 saturated heterocycles. The quantitative estimate of drug-likeness (QED) is 0.901. The van der Waals surface area contributed by atoms with E-state index in [4.69, 9.17) is 0 Å². The molecule has 7 heteroatoms. The molecule has 1 aromatic rings. The van der Waals surface area contributed by atoms with E-state index in [0.717, 1.165) is 5.56 Å². The summed E-state index contributed by atoms with van der Waals surface area (Å²) in [7, 11) is 0. The minimum Gasteiger partial charge on any atom is -0.380 e. The first kappa shape index (κ1) is 16.8. The average molecular weight is 316 g/mol. The number of piperidine rings is 1. The van der Waals surface area contributed by atoms with Crippen molar-refractivity contribution in [2.75, 3.05) is 18.4 Å². The molecule has 1 amide bonds. The van der Waals surface area contributed by atoms with Crippen molar-refractivity contribution >= 4 is 11.6 Å². The molecule has 2 N–H and O–H groups in total. The van der Waals surface area contributed by atoms with Crippen molar-refractivity contribution in [3.63, 3.8) is 0 Å². The highest BCUT2D eigenvalue weighted by Gasteiger charge is 2.54. The van der Waals surface area contributed by atoms with Gasteiger partial charge in [-0.25, -0.2) is 0 Å². The number of carbonyl (C=O) groups excluding carboxylic acids is 1. The number of para-hydroxylation sites is 1. The number of hydrogen-bond acceptors (Lipinski definition) is 3. The number of aliphatic hydroxyl groups is 1. The van der Waals surface area contributed by atoms with Crippen LogP contribution < -0.4 is 5.32 Å². The summed E-state index contributed by atoms with van der Waals surface area (Å²) in [5, 5.41) is 12.4. The first-order valence-electron chi connectivity index (χ1n) is 7.08. The van der Waals surface area contributed by atoms with Crippen LogP contribution in [-0.2, 0) is 11.3 Å². The molecule has 0 unspecified atom stereocenters. The summed E-state index contributed by atoms with van der Waals surface area (Å²) in [4.78, 5) is 13.0. The molecule has 0 saturated carbocycles. The van der Waals surface area contributed by atoms with E-state index >= 15 is 0 Å². The molecule has 0 bridgehead atoms. The van der Waals surface area contributed by atoms with Crippen molar-refractivity contribution in [3.8, 4) is 0 Å². The second kappa shape index (κ2) is 6.26. The average Bonchev–Trinajstić information content (AvgIpc) is 2.42. The standard InChI is InChI=1S/C15H19F3N2O2/c1-11(21)19-13-5-3-2-4-12(13)10-20-8-6-14(22,7-9-20)15(16,17)18/h2-5,22H,6-10H2,1H3,(H,19,21). The minimum atomic E-state index is -4.59. The van der Waals surface area contributed by atoms with Crippen LogP contribution in [0.4, 0.5) is 18.9 Å². The summed E-state index contributed by atoms with van der Waals surface area (Å²) >= 11 is 0. The van der Waals surface area contributed by atoms with Crippen LogP contribution in [0.15, 0.2) is 24.3 Å². The first-order chi connectivity index (χ1) is 10.2. The van der Waals surface area contributed by atoms with Crippen LogP contribution >= 0.6 is 0 Å². The number of hydrogen-bond donors (Lipinski definition) is 2. The Labute approximate surface area is 126 Å². The molecule has 0 atom stereocenters.